The molecule has 0 spiro atoms. The van der Waals surface area contributed by atoms with Crippen molar-refractivity contribution in [3.05, 3.63) is 53.4 Å². The van der Waals surface area contributed by atoms with Crippen LogP contribution in [0, 0.1) is 0 Å². The second-order valence-electron chi connectivity index (χ2n) is 6.59. The SMILES string of the molecule is CC(C)c1cc(CN2CCC(C(=O)O)(c3ccccc3)C2)on1. The lowest BCUT2D eigenvalue weighted by Crippen LogP contribution is -2.38. The normalized spacial score (nSPS) is 21.9. The third-order valence-electron chi connectivity index (χ3n) is 4.63. The molecule has 5 heteroatoms. The first-order chi connectivity index (χ1) is 11.0. The van der Waals surface area contributed by atoms with Crippen LogP contribution in [0.2, 0.25) is 0 Å². The summed E-state index contributed by atoms with van der Waals surface area (Å²) in [6, 6.07) is 11.5. The van der Waals surface area contributed by atoms with E-state index < -0.39 is 11.4 Å². The molecule has 5 nitrogen and oxygen atoms in total. The minimum absolute atomic E-state index is 0.327. The van der Waals surface area contributed by atoms with E-state index >= 15 is 0 Å². The van der Waals surface area contributed by atoms with Crippen LogP contribution < -0.4 is 0 Å². The maximum atomic E-state index is 12.0. The van der Waals surface area contributed by atoms with Crippen LogP contribution in [0.15, 0.2) is 40.9 Å². The van der Waals surface area contributed by atoms with Gasteiger partial charge in [0.15, 0.2) is 5.76 Å². The van der Waals surface area contributed by atoms with Gasteiger partial charge in [0.2, 0.25) is 0 Å². The van der Waals surface area contributed by atoms with E-state index in [9.17, 15) is 9.90 Å². The number of rotatable bonds is 5. The number of carboxylic acids is 1. The summed E-state index contributed by atoms with van der Waals surface area (Å²) >= 11 is 0. The zero-order valence-electron chi connectivity index (χ0n) is 13.5. The molecule has 0 radical (unpaired) electrons. The summed E-state index contributed by atoms with van der Waals surface area (Å²) in [4.78, 5) is 14.1. The molecule has 1 atom stereocenters. The van der Waals surface area contributed by atoms with Crippen molar-refractivity contribution < 1.29 is 14.4 Å². The van der Waals surface area contributed by atoms with E-state index in [0.717, 1.165) is 23.6 Å². The highest BCUT2D eigenvalue weighted by atomic mass is 16.5. The summed E-state index contributed by atoms with van der Waals surface area (Å²) in [6.07, 6.45) is 0.609. The molecule has 0 aliphatic carbocycles. The lowest BCUT2D eigenvalue weighted by molar-refractivity contribution is -0.143. The highest BCUT2D eigenvalue weighted by molar-refractivity contribution is 5.82. The van der Waals surface area contributed by atoms with Crippen molar-refractivity contribution in [3.8, 4) is 0 Å². The van der Waals surface area contributed by atoms with Gasteiger partial charge in [0.25, 0.3) is 0 Å². The number of benzene rings is 1. The van der Waals surface area contributed by atoms with Crippen molar-refractivity contribution in [2.75, 3.05) is 13.1 Å². The molecule has 1 N–H and O–H groups in total. The van der Waals surface area contributed by atoms with Crippen molar-refractivity contribution in [1.29, 1.82) is 0 Å². The number of aliphatic carboxylic acids is 1. The average Bonchev–Trinajstić information content (AvgIpc) is 3.16. The molecule has 1 aliphatic heterocycles. The maximum Gasteiger partial charge on any atom is 0.315 e. The van der Waals surface area contributed by atoms with Crippen molar-refractivity contribution in [1.82, 2.24) is 10.1 Å². The van der Waals surface area contributed by atoms with Gasteiger partial charge in [-0.15, -0.1) is 0 Å². The van der Waals surface area contributed by atoms with Gasteiger partial charge in [-0.05, 0) is 17.9 Å². The van der Waals surface area contributed by atoms with Crippen LogP contribution in [-0.4, -0.2) is 34.2 Å². The van der Waals surface area contributed by atoms with E-state index in [1.807, 2.05) is 36.4 Å². The molecule has 1 aromatic heterocycles. The molecule has 3 rings (SSSR count). The van der Waals surface area contributed by atoms with E-state index in [1.165, 1.54) is 0 Å². The Morgan fingerprint density at radius 2 is 2.13 bits per heavy atom. The number of carbonyl (C=O) groups is 1. The lowest BCUT2D eigenvalue weighted by Gasteiger charge is -2.25. The van der Waals surface area contributed by atoms with Crippen molar-refractivity contribution in [2.24, 2.45) is 0 Å². The summed E-state index contributed by atoms with van der Waals surface area (Å²) in [5.41, 5.74) is 0.976. The predicted molar refractivity (Wildman–Crippen MR) is 86.2 cm³/mol. The molecule has 2 heterocycles. The van der Waals surface area contributed by atoms with Crippen molar-refractivity contribution in [3.63, 3.8) is 0 Å². The first kappa shape index (κ1) is 15.7. The smallest absolute Gasteiger partial charge is 0.315 e. The highest BCUT2D eigenvalue weighted by Gasteiger charge is 2.46. The minimum atomic E-state index is -0.831. The quantitative estimate of drug-likeness (QED) is 0.919. The molecule has 0 saturated carbocycles. The number of hydrogen-bond acceptors (Lipinski definition) is 4. The number of hydrogen-bond donors (Lipinski definition) is 1. The van der Waals surface area contributed by atoms with E-state index in [-0.39, 0.29) is 0 Å². The van der Waals surface area contributed by atoms with Crippen molar-refractivity contribution in [2.45, 2.75) is 38.1 Å². The lowest BCUT2D eigenvalue weighted by atomic mass is 9.80. The van der Waals surface area contributed by atoms with Gasteiger partial charge in [0.05, 0.1) is 12.2 Å². The van der Waals surface area contributed by atoms with Crippen LogP contribution in [0.25, 0.3) is 0 Å². The standard InChI is InChI=1S/C18H22N2O3/c1-13(2)16-10-15(23-19-16)11-20-9-8-18(12-20,17(21)22)14-6-4-3-5-7-14/h3-7,10,13H,8-9,11-12H2,1-2H3,(H,21,22). The first-order valence-electron chi connectivity index (χ1n) is 7.98. The molecule has 0 bridgehead atoms. The fraction of sp³-hybridized carbons (Fsp3) is 0.444. The Morgan fingerprint density at radius 1 is 1.39 bits per heavy atom. The highest BCUT2D eigenvalue weighted by Crippen LogP contribution is 2.35. The number of nitrogens with zero attached hydrogens (tertiary/aromatic N) is 2. The third kappa shape index (κ3) is 3.01. The maximum absolute atomic E-state index is 12.0. The van der Waals surface area contributed by atoms with E-state index in [4.69, 9.17) is 4.52 Å². The fourth-order valence-electron chi connectivity index (χ4n) is 3.21. The van der Waals surface area contributed by atoms with Gasteiger partial charge in [0, 0.05) is 19.2 Å². The summed E-state index contributed by atoms with van der Waals surface area (Å²) in [5.74, 6) is 0.364. The average molecular weight is 314 g/mol. The predicted octanol–water partition coefficient (Wildman–Crippen LogP) is 3.03. The minimum Gasteiger partial charge on any atom is -0.481 e. The molecular weight excluding hydrogens is 292 g/mol. The Bertz CT molecular complexity index is 681. The zero-order chi connectivity index (χ0) is 16.4. The Morgan fingerprint density at radius 3 is 2.74 bits per heavy atom. The van der Waals surface area contributed by atoms with Gasteiger partial charge < -0.3 is 9.63 Å². The third-order valence-corrected chi connectivity index (χ3v) is 4.63. The molecule has 0 amide bonds. The molecule has 1 saturated heterocycles. The van der Waals surface area contributed by atoms with Crippen LogP contribution in [0.1, 0.15) is 43.2 Å². The second kappa shape index (κ2) is 6.16. The van der Waals surface area contributed by atoms with E-state index in [2.05, 4.69) is 23.9 Å². The van der Waals surface area contributed by atoms with E-state index in [0.29, 0.717) is 25.4 Å². The van der Waals surface area contributed by atoms with Gasteiger partial charge in [-0.3, -0.25) is 9.69 Å². The monoisotopic (exact) mass is 314 g/mol. The Labute approximate surface area is 135 Å². The zero-order valence-corrected chi connectivity index (χ0v) is 13.5. The van der Waals surface area contributed by atoms with Gasteiger partial charge in [-0.2, -0.15) is 0 Å². The van der Waals surface area contributed by atoms with Crippen LogP contribution in [-0.2, 0) is 16.8 Å². The topological polar surface area (TPSA) is 66.6 Å². The number of carboxylic acid groups (broad SMARTS) is 1. The van der Waals surface area contributed by atoms with E-state index in [1.54, 1.807) is 0 Å². The molecule has 122 valence electrons. The van der Waals surface area contributed by atoms with Crippen LogP contribution in [0.4, 0.5) is 0 Å². The first-order valence-corrected chi connectivity index (χ1v) is 7.98. The Kier molecular flexibility index (Phi) is 4.22. The molecule has 1 fully saturated rings. The molecular formula is C18H22N2O3. The summed E-state index contributed by atoms with van der Waals surface area (Å²) < 4.78 is 5.38. The van der Waals surface area contributed by atoms with Gasteiger partial charge in [-0.25, -0.2) is 0 Å². The molecule has 1 unspecified atom stereocenters. The fourth-order valence-corrected chi connectivity index (χ4v) is 3.21. The molecule has 23 heavy (non-hydrogen) atoms. The molecule has 1 aliphatic rings. The second-order valence-corrected chi connectivity index (χ2v) is 6.59. The number of likely N-dealkylation sites (tertiary alicyclic amines) is 1. The van der Waals surface area contributed by atoms with Crippen molar-refractivity contribution >= 4 is 5.97 Å². The molecule has 1 aromatic carbocycles. The largest absolute Gasteiger partial charge is 0.481 e. The van der Waals surface area contributed by atoms with Crippen LogP contribution >= 0.6 is 0 Å². The Hall–Kier alpha value is -2.14. The van der Waals surface area contributed by atoms with Gasteiger partial charge in [0.1, 0.15) is 5.41 Å². The van der Waals surface area contributed by atoms with Gasteiger partial charge in [-0.1, -0.05) is 49.3 Å². The summed E-state index contributed by atoms with van der Waals surface area (Å²) in [6.45, 7) is 5.97. The summed E-state index contributed by atoms with van der Waals surface area (Å²) in [7, 11) is 0. The van der Waals surface area contributed by atoms with Crippen LogP contribution in [0.3, 0.4) is 0 Å². The van der Waals surface area contributed by atoms with Crippen LogP contribution in [0.5, 0.6) is 0 Å². The Balaban J connectivity index is 1.76. The summed E-state index contributed by atoms with van der Waals surface area (Å²) in [5, 5.41) is 13.9. The molecule has 2 aromatic rings. The van der Waals surface area contributed by atoms with Gasteiger partial charge >= 0.3 is 5.97 Å². The number of aromatic nitrogens is 1.